The van der Waals surface area contributed by atoms with Crippen molar-refractivity contribution in [3.05, 3.63) is 47.2 Å². The number of rotatable bonds is 6. The molecule has 0 aliphatic rings. The molecule has 0 bridgehead atoms. The lowest BCUT2D eigenvalue weighted by Crippen LogP contribution is -2.20. The van der Waals surface area contributed by atoms with E-state index in [4.69, 9.17) is 13.9 Å². The van der Waals surface area contributed by atoms with Gasteiger partial charge in [0.05, 0.1) is 24.7 Å². The number of para-hydroxylation sites is 1. The summed E-state index contributed by atoms with van der Waals surface area (Å²) in [6.45, 7) is 3.70. The molecule has 1 amide bonds. The molecular weight excluding hydrogens is 328 g/mol. The molecule has 0 fully saturated rings. The molecule has 3 rings (SSSR count). The van der Waals surface area contributed by atoms with Crippen LogP contribution in [0, 0.1) is 0 Å². The second-order valence-electron chi connectivity index (χ2n) is 4.93. The second-order valence-corrected chi connectivity index (χ2v) is 5.94. The molecule has 0 saturated heterocycles. The number of amides is 1. The van der Waals surface area contributed by atoms with Crippen LogP contribution in [-0.2, 0) is 11.3 Å². The number of hydrogen-bond acceptors (Lipinski definition) is 5. The smallest absolute Gasteiger partial charge is 0.315 e. The van der Waals surface area contributed by atoms with Crippen LogP contribution in [0.1, 0.15) is 17.5 Å². The normalized spacial score (nSPS) is 12.0. The Hall–Kier alpha value is -2.38. The lowest BCUT2D eigenvalue weighted by molar-refractivity contribution is 0.0970. The molecule has 1 aromatic carbocycles. The summed E-state index contributed by atoms with van der Waals surface area (Å²) in [7, 11) is 1.63. The number of furan rings is 1. The van der Waals surface area contributed by atoms with Gasteiger partial charge in [-0.25, -0.2) is 0 Å². The van der Waals surface area contributed by atoms with Crippen LogP contribution in [0.2, 0.25) is 0 Å². The van der Waals surface area contributed by atoms with Crippen molar-refractivity contribution in [2.75, 3.05) is 20.3 Å². The van der Waals surface area contributed by atoms with Crippen molar-refractivity contribution in [2.45, 2.75) is 13.5 Å². The first kappa shape index (κ1) is 16.5. The molecule has 2 aromatic heterocycles. The van der Waals surface area contributed by atoms with Crippen molar-refractivity contribution in [3.63, 3.8) is 0 Å². The van der Waals surface area contributed by atoms with Gasteiger partial charge in [-0.1, -0.05) is 17.4 Å². The average molecular weight is 346 g/mol. The van der Waals surface area contributed by atoms with Gasteiger partial charge in [-0.2, -0.15) is 4.99 Å². The van der Waals surface area contributed by atoms with E-state index in [0.29, 0.717) is 24.6 Å². The van der Waals surface area contributed by atoms with E-state index in [0.717, 1.165) is 16.0 Å². The number of nitrogens with zero attached hydrogens (tertiary/aromatic N) is 2. The fourth-order valence-electron chi connectivity index (χ4n) is 2.40. The Morgan fingerprint density at radius 1 is 1.33 bits per heavy atom. The number of carbonyl (C=O) groups excluding carboxylic acids is 1. The fraction of sp³-hybridized carbons (Fsp3) is 0.294. The van der Waals surface area contributed by atoms with E-state index in [1.165, 1.54) is 17.6 Å². The average Bonchev–Trinajstić information content (AvgIpc) is 3.23. The van der Waals surface area contributed by atoms with Gasteiger partial charge >= 0.3 is 5.91 Å². The number of fused-ring (bicyclic) bond motifs is 1. The summed E-state index contributed by atoms with van der Waals surface area (Å²) >= 11 is 1.44. The number of methoxy groups -OCH3 is 1. The summed E-state index contributed by atoms with van der Waals surface area (Å²) in [4.78, 5) is 17.1. The molecule has 3 aromatic rings. The van der Waals surface area contributed by atoms with E-state index in [9.17, 15) is 4.79 Å². The van der Waals surface area contributed by atoms with Gasteiger partial charge in [0.2, 0.25) is 0 Å². The van der Waals surface area contributed by atoms with Crippen LogP contribution in [0.25, 0.3) is 10.2 Å². The van der Waals surface area contributed by atoms with Crippen LogP contribution in [-0.4, -0.2) is 30.8 Å². The van der Waals surface area contributed by atoms with E-state index in [1.807, 2.05) is 29.7 Å². The van der Waals surface area contributed by atoms with Crippen molar-refractivity contribution < 1.29 is 18.7 Å². The Morgan fingerprint density at radius 3 is 2.92 bits per heavy atom. The highest BCUT2D eigenvalue weighted by Gasteiger charge is 2.13. The lowest BCUT2D eigenvalue weighted by Gasteiger charge is -2.08. The van der Waals surface area contributed by atoms with Crippen LogP contribution in [0.4, 0.5) is 0 Å². The Balaban J connectivity index is 2.12. The van der Waals surface area contributed by atoms with Gasteiger partial charge in [0.1, 0.15) is 11.3 Å². The van der Waals surface area contributed by atoms with E-state index in [2.05, 4.69) is 4.99 Å². The van der Waals surface area contributed by atoms with Crippen LogP contribution >= 0.6 is 11.3 Å². The molecule has 0 N–H and O–H groups in total. The molecular formula is C17H18N2O4S. The van der Waals surface area contributed by atoms with Crippen LogP contribution in [0.5, 0.6) is 5.75 Å². The van der Waals surface area contributed by atoms with E-state index >= 15 is 0 Å². The maximum absolute atomic E-state index is 12.3. The highest BCUT2D eigenvalue weighted by molar-refractivity contribution is 7.16. The molecule has 0 atom stereocenters. The zero-order valence-electron chi connectivity index (χ0n) is 13.5. The largest absolute Gasteiger partial charge is 0.495 e. The third-order valence-electron chi connectivity index (χ3n) is 3.48. The molecule has 0 aliphatic heterocycles. The Bertz CT molecular complexity index is 893. The van der Waals surface area contributed by atoms with Gasteiger partial charge in [0.15, 0.2) is 10.6 Å². The first-order valence-electron chi connectivity index (χ1n) is 7.61. The van der Waals surface area contributed by atoms with Gasteiger partial charge in [0.25, 0.3) is 0 Å². The number of benzene rings is 1. The van der Waals surface area contributed by atoms with Crippen molar-refractivity contribution >= 4 is 27.5 Å². The Labute approximate surface area is 143 Å². The molecule has 0 radical (unpaired) electrons. The molecule has 7 heteroatoms. The van der Waals surface area contributed by atoms with Gasteiger partial charge in [-0.3, -0.25) is 4.79 Å². The summed E-state index contributed by atoms with van der Waals surface area (Å²) in [5.41, 5.74) is 0.913. The maximum atomic E-state index is 12.3. The van der Waals surface area contributed by atoms with Gasteiger partial charge in [-0.15, -0.1) is 0 Å². The molecule has 0 saturated carbocycles. The predicted octanol–water partition coefficient (Wildman–Crippen LogP) is 3.08. The Kier molecular flexibility index (Phi) is 5.12. The minimum atomic E-state index is -0.407. The topological polar surface area (TPSA) is 66.0 Å². The predicted molar refractivity (Wildman–Crippen MR) is 91.5 cm³/mol. The van der Waals surface area contributed by atoms with Crippen molar-refractivity contribution in [1.82, 2.24) is 4.57 Å². The number of ether oxygens (including phenoxy) is 2. The monoisotopic (exact) mass is 346 g/mol. The quantitative estimate of drug-likeness (QED) is 0.643. The molecule has 24 heavy (non-hydrogen) atoms. The van der Waals surface area contributed by atoms with Crippen molar-refractivity contribution in [3.8, 4) is 5.75 Å². The van der Waals surface area contributed by atoms with Crippen LogP contribution in [0.15, 0.2) is 46.0 Å². The molecule has 0 unspecified atom stereocenters. The standard InChI is InChI=1S/C17H18N2O4S/c1-3-22-11-9-19-15-12(21-2)6-4-8-14(15)24-17(19)18-16(20)13-7-5-10-23-13/h4-8,10H,3,9,11H2,1-2H3. The van der Waals surface area contributed by atoms with Crippen molar-refractivity contribution in [2.24, 2.45) is 4.99 Å². The first-order chi connectivity index (χ1) is 11.7. The summed E-state index contributed by atoms with van der Waals surface area (Å²) in [6, 6.07) is 9.06. The van der Waals surface area contributed by atoms with E-state index in [-0.39, 0.29) is 5.76 Å². The third kappa shape index (κ3) is 3.27. The highest BCUT2D eigenvalue weighted by atomic mass is 32.1. The molecule has 0 aliphatic carbocycles. The minimum absolute atomic E-state index is 0.218. The Morgan fingerprint density at radius 2 is 2.21 bits per heavy atom. The minimum Gasteiger partial charge on any atom is -0.495 e. The zero-order chi connectivity index (χ0) is 16.9. The SMILES string of the molecule is CCOCCn1c(=NC(=O)c2ccco2)sc2cccc(OC)c21. The second kappa shape index (κ2) is 7.46. The summed E-state index contributed by atoms with van der Waals surface area (Å²) in [5, 5.41) is 0. The first-order valence-corrected chi connectivity index (χ1v) is 8.43. The molecule has 0 spiro atoms. The third-order valence-corrected chi connectivity index (χ3v) is 4.52. The molecule has 6 nitrogen and oxygen atoms in total. The number of hydrogen-bond donors (Lipinski definition) is 0. The fourth-order valence-corrected chi connectivity index (χ4v) is 3.47. The maximum Gasteiger partial charge on any atom is 0.315 e. The summed E-state index contributed by atoms with van der Waals surface area (Å²) in [5.74, 6) is 0.554. The number of carbonyl (C=O) groups is 1. The van der Waals surface area contributed by atoms with E-state index in [1.54, 1.807) is 19.2 Å². The van der Waals surface area contributed by atoms with Gasteiger partial charge in [0, 0.05) is 13.2 Å². The van der Waals surface area contributed by atoms with Gasteiger partial charge < -0.3 is 18.5 Å². The van der Waals surface area contributed by atoms with Gasteiger partial charge in [-0.05, 0) is 31.2 Å². The van der Waals surface area contributed by atoms with Crippen LogP contribution < -0.4 is 9.54 Å². The van der Waals surface area contributed by atoms with Crippen molar-refractivity contribution in [1.29, 1.82) is 0 Å². The summed E-state index contributed by atoms with van der Waals surface area (Å²) < 4.78 is 19.0. The lowest BCUT2D eigenvalue weighted by atomic mass is 10.3. The summed E-state index contributed by atoms with van der Waals surface area (Å²) in [6.07, 6.45) is 1.46. The molecule has 2 heterocycles. The number of aromatic nitrogens is 1. The molecule has 126 valence electrons. The van der Waals surface area contributed by atoms with E-state index < -0.39 is 5.91 Å². The highest BCUT2D eigenvalue weighted by Crippen LogP contribution is 2.27. The zero-order valence-corrected chi connectivity index (χ0v) is 14.3. The number of thiazole rings is 1. The van der Waals surface area contributed by atoms with Crippen LogP contribution in [0.3, 0.4) is 0 Å².